The van der Waals surface area contributed by atoms with E-state index in [1.54, 1.807) is 46.6 Å². The summed E-state index contributed by atoms with van der Waals surface area (Å²) in [5.41, 5.74) is 3.03. The van der Waals surface area contributed by atoms with Crippen molar-refractivity contribution >= 4 is 57.1 Å². The molecule has 0 saturated carbocycles. The smallest absolute Gasteiger partial charge is 0.254 e. The highest BCUT2D eigenvalue weighted by atomic mass is 35.5. The number of nitrogens with zero attached hydrogens (tertiary/aromatic N) is 2. The summed E-state index contributed by atoms with van der Waals surface area (Å²) in [4.78, 5) is 32.6. The van der Waals surface area contributed by atoms with Crippen LogP contribution in [0.25, 0.3) is 10.8 Å². The van der Waals surface area contributed by atoms with Crippen LogP contribution in [-0.4, -0.2) is 34.7 Å². The third-order valence-electron chi connectivity index (χ3n) is 7.44. The zero-order valence-electron chi connectivity index (χ0n) is 21.9. The van der Waals surface area contributed by atoms with Gasteiger partial charge in [-0.15, -0.1) is 11.3 Å². The monoisotopic (exact) mass is 602 g/mol. The quantitative estimate of drug-likeness (QED) is 0.197. The fraction of sp³-hybridized carbons (Fsp3) is 0.152. The summed E-state index contributed by atoms with van der Waals surface area (Å²) >= 11 is 14.5. The molecule has 6 rings (SSSR count). The first-order chi connectivity index (χ1) is 19.9. The van der Waals surface area contributed by atoms with E-state index in [-0.39, 0.29) is 30.7 Å². The fourth-order valence-electron chi connectivity index (χ4n) is 5.41. The minimum atomic E-state index is -0.397. The van der Waals surface area contributed by atoms with Gasteiger partial charge in [0, 0.05) is 33.6 Å². The van der Waals surface area contributed by atoms with Crippen LogP contribution in [0.5, 0.6) is 0 Å². The molecule has 0 radical (unpaired) electrons. The molecule has 5 aromatic rings. The highest BCUT2D eigenvalue weighted by molar-refractivity contribution is 7.10. The van der Waals surface area contributed by atoms with Crippen LogP contribution in [0.15, 0.2) is 96.4 Å². The molecule has 2 heterocycles. The van der Waals surface area contributed by atoms with E-state index in [9.17, 15) is 14.0 Å². The summed E-state index contributed by atoms with van der Waals surface area (Å²) in [5, 5.41) is 4.98. The lowest BCUT2D eigenvalue weighted by Gasteiger charge is -2.38. The second-order valence-corrected chi connectivity index (χ2v) is 11.9. The van der Waals surface area contributed by atoms with Crippen LogP contribution in [0, 0.1) is 5.82 Å². The highest BCUT2D eigenvalue weighted by Crippen LogP contribution is 2.41. The van der Waals surface area contributed by atoms with Crippen molar-refractivity contribution in [3.8, 4) is 0 Å². The Morgan fingerprint density at radius 3 is 2.46 bits per heavy atom. The van der Waals surface area contributed by atoms with E-state index >= 15 is 0 Å². The number of halogens is 3. The Morgan fingerprint density at radius 1 is 0.902 bits per heavy atom. The lowest BCUT2D eigenvalue weighted by atomic mass is 9.93. The van der Waals surface area contributed by atoms with Gasteiger partial charge in [0.2, 0.25) is 5.91 Å². The predicted molar refractivity (Wildman–Crippen MR) is 163 cm³/mol. The highest BCUT2D eigenvalue weighted by Gasteiger charge is 2.35. The van der Waals surface area contributed by atoms with Gasteiger partial charge in [0.25, 0.3) is 5.91 Å². The average molecular weight is 604 g/mol. The maximum absolute atomic E-state index is 14.1. The summed E-state index contributed by atoms with van der Waals surface area (Å²) in [6.07, 6.45) is 0.719. The van der Waals surface area contributed by atoms with Crippen molar-refractivity contribution in [3.05, 3.63) is 139 Å². The summed E-state index contributed by atoms with van der Waals surface area (Å²) < 4.78 is 13.6. The average Bonchev–Trinajstić information content (AvgIpc) is 3.46. The molecule has 8 heteroatoms. The predicted octanol–water partition coefficient (Wildman–Crippen LogP) is 8.16. The van der Waals surface area contributed by atoms with Gasteiger partial charge in [-0.1, -0.05) is 71.7 Å². The lowest BCUT2D eigenvalue weighted by Crippen LogP contribution is -2.46. The fourth-order valence-corrected chi connectivity index (χ4v) is 6.83. The number of benzene rings is 4. The van der Waals surface area contributed by atoms with E-state index in [0.29, 0.717) is 22.2 Å². The first-order valence-electron chi connectivity index (χ1n) is 13.2. The van der Waals surface area contributed by atoms with E-state index in [1.165, 1.54) is 21.9 Å². The molecular formula is C33H25Cl2FN2O2S. The lowest BCUT2D eigenvalue weighted by molar-refractivity contribution is -0.134. The molecule has 206 valence electrons. The number of fused-ring (bicyclic) bond motifs is 2. The first kappa shape index (κ1) is 27.5. The Hall–Kier alpha value is -3.71. The van der Waals surface area contributed by atoms with Crippen LogP contribution in [0.1, 0.15) is 38.0 Å². The van der Waals surface area contributed by atoms with Crippen molar-refractivity contribution in [1.82, 2.24) is 9.80 Å². The summed E-state index contributed by atoms with van der Waals surface area (Å²) in [5.74, 6) is -0.836. The molecule has 0 unspecified atom stereocenters. The zero-order valence-corrected chi connectivity index (χ0v) is 24.2. The van der Waals surface area contributed by atoms with E-state index in [4.69, 9.17) is 23.2 Å². The standard InChI is InChI=1S/C33H25Cl2FN2O2S/c34-25-9-12-27(29(35)18-25)32-28-14-16-41-30(28)13-15-38(32)31(39)20-37(19-21-5-10-26(36)11-6-21)33(40)24-8-7-22-3-1-2-4-23(22)17-24/h1-12,14,16-18,32H,13,15,19-20H2/t32-/m1/s1. The van der Waals surface area contributed by atoms with E-state index in [0.717, 1.165) is 33.9 Å². The van der Waals surface area contributed by atoms with Crippen molar-refractivity contribution < 1.29 is 14.0 Å². The Balaban J connectivity index is 1.34. The largest absolute Gasteiger partial charge is 0.330 e. The van der Waals surface area contributed by atoms with E-state index in [1.807, 2.05) is 53.9 Å². The first-order valence-corrected chi connectivity index (χ1v) is 14.8. The van der Waals surface area contributed by atoms with Crippen LogP contribution < -0.4 is 0 Å². The number of thiophene rings is 1. The molecule has 1 aliphatic heterocycles. The van der Waals surface area contributed by atoms with Crippen LogP contribution in [0.2, 0.25) is 10.0 Å². The number of hydrogen-bond acceptors (Lipinski definition) is 3. The molecule has 41 heavy (non-hydrogen) atoms. The van der Waals surface area contributed by atoms with Gasteiger partial charge in [0.15, 0.2) is 0 Å². The third kappa shape index (κ3) is 5.73. The van der Waals surface area contributed by atoms with E-state index < -0.39 is 6.04 Å². The minimum absolute atomic E-state index is 0.149. The maximum Gasteiger partial charge on any atom is 0.254 e. The minimum Gasteiger partial charge on any atom is -0.330 e. The summed E-state index contributed by atoms with van der Waals surface area (Å²) in [7, 11) is 0. The number of amides is 2. The van der Waals surface area contributed by atoms with Crippen LogP contribution in [0.3, 0.4) is 0 Å². The molecule has 0 spiro atoms. The molecule has 1 aliphatic rings. The van der Waals surface area contributed by atoms with Crippen LogP contribution in [0.4, 0.5) is 4.39 Å². The second-order valence-electron chi connectivity index (χ2n) is 10.1. The normalized spacial score (nSPS) is 14.6. The van der Waals surface area contributed by atoms with Crippen molar-refractivity contribution in [3.63, 3.8) is 0 Å². The molecule has 1 aromatic heterocycles. The van der Waals surface area contributed by atoms with Gasteiger partial charge < -0.3 is 9.80 Å². The van der Waals surface area contributed by atoms with Gasteiger partial charge in [-0.25, -0.2) is 4.39 Å². The van der Waals surface area contributed by atoms with Crippen molar-refractivity contribution in [1.29, 1.82) is 0 Å². The number of hydrogen-bond donors (Lipinski definition) is 0. The van der Waals surface area contributed by atoms with Crippen molar-refractivity contribution in [2.24, 2.45) is 0 Å². The molecule has 2 amide bonds. The molecular weight excluding hydrogens is 578 g/mol. The van der Waals surface area contributed by atoms with Gasteiger partial charge >= 0.3 is 0 Å². The van der Waals surface area contributed by atoms with Gasteiger partial charge in [0.05, 0.1) is 6.04 Å². The Bertz CT molecular complexity index is 1750. The topological polar surface area (TPSA) is 40.6 Å². The third-order valence-corrected chi connectivity index (χ3v) is 9.00. The van der Waals surface area contributed by atoms with Gasteiger partial charge in [-0.3, -0.25) is 9.59 Å². The molecule has 0 saturated heterocycles. The van der Waals surface area contributed by atoms with Gasteiger partial charge in [-0.2, -0.15) is 0 Å². The SMILES string of the molecule is O=C(c1ccc2ccccc2c1)N(CC(=O)N1CCc2sccc2[C@H]1c1ccc(Cl)cc1Cl)Cc1ccc(F)cc1. The Labute approximate surface area is 251 Å². The van der Waals surface area contributed by atoms with Gasteiger partial charge in [0.1, 0.15) is 12.4 Å². The molecule has 0 N–H and O–H groups in total. The molecule has 0 aliphatic carbocycles. The number of carbonyl (C=O) groups excluding carboxylic acids is 2. The van der Waals surface area contributed by atoms with Crippen LogP contribution in [-0.2, 0) is 17.8 Å². The number of carbonyl (C=O) groups is 2. The molecule has 4 aromatic carbocycles. The number of rotatable bonds is 6. The summed E-state index contributed by atoms with van der Waals surface area (Å²) in [6, 6.07) is 26.3. The molecule has 4 nitrogen and oxygen atoms in total. The molecule has 0 fully saturated rings. The van der Waals surface area contributed by atoms with E-state index in [2.05, 4.69) is 0 Å². The Morgan fingerprint density at radius 2 is 1.68 bits per heavy atom. The molecule has 1 atom stereocenters. The maximum atomic E-state index is 14.1. The Kier molecular flexibility index (Phi) is 7.80. The van der Waals surface area contributed by atoms with Crippen molar-refractivity contribution in [2.45, 2.75) is 19.0 Å². The summed E-state index contributed by atoms with van der Waals surface area (Å²) in [6.45, 7) is 0.496. The van der Waals surface area contributed by atoms with Crippen LogP contribution >= 0.6 is 34.5 Å². The second kappa shape index (κ2) is 11.6. The zero-order chi connectivity index (χ0) is 28.5. The van der Waals surface area contributed by atoms with Crippen molar-refractivity contribution in [2.75, 3.05) is 13.1 Å². The molecule has 0 bridgehead atoms. The van der Waals surface area contributed by atoms with Gasteiger partial charge in [-0.05, 0) is 81.7 Å².